The monoisotopic (exact) mass is 256 g/mol. The molecular weight excluding hydrogens is 240 g/mol. The molecule has 0 radical (unpaired) electrons. The summed E-state index contributed by atoms with van der Waals surface area (Å²) in [5, 5.41) is 13.0. The number of amides is 1. The van der Waals surface area contributed by atoms with Crippen molar-refractivity contribution < 1.29 is 4.79 Å². The first-order chi connectivity index (χ1) is 9.26. The van der Waals surface area contributed by atoms with E-state index in [0.29, 0.717) is 31.7 Å². The summed E-state index contributed by atoms with van der Waals surface area (Å²) >= 11 is 0. The Morgan fingerprint density at radius 1 is 1.47 bits per heavy atom. The number of carbonyl (C=O) groups is 1. The van der Waals surface area contributed by atoms with Crippen LogP contribution in [0.5, 0.6) is 0 Å². The second kappa shape index (κ2) is 4.88. The molecule has 0 N–H and O–H groups in total. The van der Waals surface area contributed by atoms with Crippen molar-refractivity contribution in [3.05, 3.63) is 29.1 Å². The van der Waals surface area contributed by atoms with Crippen molar-refractivity contribution in [1.82, 2.24) is 14.7 Å². The molecule has 5 nitrogen and oxygen atoms in total. The molecular formula is C14H16N4O. The molecule has 0 aromatic carbocycles. The maximum Gasteiger partial charge on any atom is 0.227 e. The van der Waals surface area contributed by atoms with Crippen molar-refractivity contribution >= 4 is 5.91 Å². The van der Waals surface area contributed by atoms with Gasteiger partial charge in [-0.05, 0) is 25.3 Å². The normalized spacial score (nSPS) is 17.8. The molecule has 3 rings (SSSR count). The van der Waals surface area contributed by atoms with E-state index >= 15 is 0 Å². The zero-order chi connectivity index (χ0) is 13.2. The molecule has 0 atom stereocenters. The molecule has 2 aliphatic rings. The fourth-order valence-electron chi connectivity index (χ4n) is 2.74. The van der Waals surface area contributed by atoms with E-state index in [1.54, 1.807) is 6.07 Å². The zero-order valence-corrected chi connectivity index (χ0v) is 10.8. The van der Waals surface area contributed by atoms with Gasteiger partial charge in [0, 0.05) is 13.0 Å². The molecule has 0 bridgehead atoms. The molecule has 0 saturated heterocycles. The van der Waals surface area contributed by atoms with Gasteiger partial charge in [0.1, 0.15) is 6.07 Å². The number of carbonyl (C=O) groups excluding carboxylic acids is 1. The lowest BCUT2D eigenvalue weighted by atomic mass is 10.1. The van der Waals surface area contributed by atoms with E-state index in [2.05, 4.69) is 11.2 Å². The molecule has 0 spiro atoms. The highest BCUT2D eigenvalue weighted by atomic mass is 16.2. The number of nitrogens with zero attached hydrogens (tertiary/aromatic N) is 4. The summed E-state index contributed by atoms with van der Waals surface area (Å²) in [5.74, 6) is 0.194. The highest BCUT2D eigenvalue weighted by Crippen LogP contribution is 2.22. The predicted molar refractivity (Wildman–Crippen MR) is 68.9 cm³/mol. The van der Waals surface area contributed by atoms with E-state index in [-0.39, 0.29) is 5.91 Å². The first kappa shape index (κ1) is 12.0. The summed E-state index contributed by atoms with van der Waals surface area (Å²) in [4.78, 5) is 14.1. The minimum atomic E-state index is 0.194. The average Bonchev–Trinajstić information content (AvgIpc) is 3.05. The predicted octanol–water partition coefficient (Wildman–Crippen LogP) is 1.60. The van der Waals surface area contributed by atoms with Gasteiger partial charge in [-0.15, -0.1) is 0 Å². The maximum atomic E-state index is 12.2. The van der Waals surface area contributed by atoms with Gasteiger partial charge in [0.25, 0.3) is 0 Å². The molecule has 2 heterocycles. The Labute approximate surface area is 112 Å². The fourth-order valence-corrected chi connectivity index (χ4v) is 2.74. The highest BCUT2D eigenvalue weighted by Gasteiger charge is 2.23. The molecule has 0 unspecified atom stereocenters. The molecule has 0 fully saturated rings. The van der Waals surface area contributed by atoms with Crippen LogP contribution >= 0.6 is 0 Å². The smallest absolute Gasteiger partial charge is 0.227 e. The second-order valence-electron chi connectivity index (χ2n) is 5.10. The molecule has 1 aromatic rings. The minimum absolute atomic E-state index is 0.194. The van der Waals surface area contributed by atoms with Crippen molar-refractivity contribution in [2.75, 3.05) is 6.54 Å². The van der Waals surface area contributed by atoms with Crippen LogP contribution in [0.3, 0.4) is 0 Å². The Morgan fingerprint density at radius 2 is 2.37 bits per heavy atom. The first-order valence-electron chi connectivity index (χ1n) is 6.69. The van der Waals surface area contributed by atoms with E-state index in [1.807, 2.05) is 15.7 Å². The zero-order valence-electron chi connectivity index (χ0n) is 10.8. The van der Waals surface area contributed by atoms with Gasteiger partial charge >= 0.3 is 0 Å². The van der Waals surface area contributed by atoms with Crippen LogP contribution in [0, 0.1) is 11.3 Å². The van der Waals surface area contributed by atoms with Gasteiger partial charge in [-0.3, -0.25) is 9.48 Å². The Morgan fingerprint density at radius 3 is 3.11 bits per heavy atom. The quantitative estimate of drug-likeness (QED) is 0.755. The van der Waals surface area contributed by atoms with Crippen LogP contribution in [0.1, 0.15) is 37.1 Å². The Balaban J connectivity index is 1.67. The van der Waals surface area contributed by atoms with E-state index in [0.717, 1.165) is 18.5 Å². The average molecular weight is 256 g/mol. The molecule has 5 heteroatoms. The van der Waals surface area contributed by atoms with E-state index in [1.165, 1.54) is 12.0 Å². The third-order valence-corrected chi connectivity index (χ3v) is 3.78. The first-order valence-corrected chi connectivity index (χ1v) is 6.69. The molecule has 1 aliphatic carbocycles. The van der Waals surface area contributed by atoms with Gasteiger partial charge in [0.15, 0.2) is 5.69 Å². The van der Waals surface area contributed by atoms with Crippen molar-refractivity contribution in [3.8, 4) is 6.07 Å². The topological polar surface area (TPSA) is 61.9 Å². The summed E-state index contributed by atoms with van der Waals surface area (Å²) < 4.78 is 1.83. The van der Waals surface area contributed by atoms with Gasteiger partial charge in [0.2, 0.25) is 5.91 Å². The van der Waals surface area contributed by atoms with Crippen LogP contribution in [-0.2, 0) is 17.9 Å². The number of rotatable bonds is 2. The molecule has 98 valence electrons. The standard InChI is InChI=1S/C14H16N4O/c15-9-12-8-13-10-17(5-6-18(13)16-12)14(19)7-11-3-1-2-4-11/h3,8H,1-2,4-7,10H2. The second-order valence-corrected chi connectivity index (χ2v) is 5.10. The largest absolute Gasteiger partial charge is 0.335 e. The highest BCUT2D eigenvalue weighted by molar-refractivity contribution is 5.78. The lowest BCUT2D eigenvalue weighted by Gasteiger charge is -2.27. The Hall–Kier alpha value is -2.09. The Kier molecular flexibility index (Phi) is 3.08. The number of allylic oxidation sites excluding steroid dienone is 1. The SMILES string of the molecule is N#Cc1cc2n(n1)CCN(C(=O)CC1=CCCC1)C2. The number of fused-ring (bicyclic) bond motifs is 1. The third-order valence-electron chi connectivity index (χ3n) is 3.78. The maximum absolute atomic E-state index is 12.2. The fraction of sp³-hybridized carbons (Fsp3) is 0.500. The van der Waals surface area contributed by atoms with Gasteiger partial charge in [-0.2, -0.15) is 10.4 Å². The van der Waals surface area contributed by atoms with Crippen molar-refractivity contribution in [1.29, 1.82) is 5.26 Å². The molecule has 0 saturated carbocycles. The van der Waals surface area contributed by atoms with Gasteiger partial charge in [0.05, 0.1) is 18.8 Å². The lowest BCUT2D eigenvalue weighted by Crippen LogP contribution is -2.38. The van der Waals surface area contributed by atoms with Gasteiger partial charge in [-0.25, -0.2) is 0 Å². The molecule has 1 amide bonds. The summed E-state index contributed by atoms with van der Waals surface area (Å²) in [5.41, 5.74) is 2.67. The van der Waals surface area contributed by atoms with E-state index < -0.39 is 0 Å². The van der Waals surface area contributed by atoms with Crippen LogP contribution in [0.4, 0.5) is 0 Å². The third kappa shape index (κ3) is 2.39. The van der Waals surface area contributed by atoms with Gasteiger partial charge in [-0.1, -0.05) is 11.6 Å². The van der Waals surface area contributed by atoms with Crippen molar-refractivity contribution in [2.45, 2.75) is 38.8 Å². The number of hydrogen-bond acceptors (Lipinski definition) is 3. The summed E-state index contributed by atoms with van der Waals surface area (Å²) in [7, 11) is 0. The lowest BCUT2D eigenvalue weighted by molar-refractivity contribution is -0.132. The van der Waals surface area contributed by atoms with Crippen LogP contribution in [-0.4, -0.2) is 27.1 Å². The van der Waals surface area contributed by atoms with Crippen LogP contribution in [0.15, 0.2) is 17.7 Å². The number of aromatic nitrogens is 2. The number of nitriles is 1. The van der Waals surface area contributed by atoms with E-state index in [9.17, 15) is 4.79 Å². The molecule has 19 heavy (non-hydrogen) atoms. The summed E-state index contributed by atoms with van der Waals surface area (Å²) in [6.07, 6.45) is 6.11. The van der Waals surface area contributed by atoms with Gasteiger partial charge < -0.3 is 4.90 Å². The van der Waals surface area contributed by atoms with Crippen LogP contribution in [0.25, 0.3) is 0 Å². The van der Waals surface area contributed by atoms with Crippen molar-refractivity contribution in [2.24, 2.45) is 0 Å². The molecule has 1 aromatic heterocycles. The van der Waals surface area contributed by atoms with Crippen molar-refractivity contribution in [3.63, 3.8) is 0 Å². The molecule has 1 aliphatic heterocycles. The minimum Gasteiger partial charge on any atom is -0.335 e. The van der Waals surface area contributed by atoms with Crippen LogP contribution < -0.4 is 0 Å². The number of hydrogen-bond donors (Lipinski definition) is 0. The van der Waals surface area contributed by atoms with E-state index in [4.69, 9.17) is 5.26 Å². The summed E-state index contributed by atoms with van der Waals surface area (Å²) in [6.45, 7) is 1.94. The van der Waals surface area contributed by atoms with Crippen LogP contribution in [0.2, 0.25) is 0 Å². The summed E-state index contributed by atoms with van der Waals surface area (Å²) in [6, 6.07) is 3.81. The Bertz CT molecular complexity index is 579.